The molecule has 0 spiro atoms. The van der Waals surface area contributed by atoms with E-state index in [0.717, 1.165) is 0 Å². The molecule has 11 nitrogen and oxygen atoms in total. The van der Waals surface area contributed by atoms with E-state index in [1.165, 1.54) is 6.92 Å². The number of hydrogen-bond acceptors (Lipinski definition) is 7. The van der Waals surface area contributed by atoms with Gasteiger partial charge in [0.2, 0.25) is 17.7 Å². The molecular weight excluding hydrogens is 382 g/mol. The van der Waals surface area contributed by atoms with Gasteiger partial charge in [0, 0.05) is 0 Å². The van der Waals surface area contributed by atoms with E-state index in [9.17, 15) is 29.4 Å². The van der Waals surface area contributed by atoms with Crippen LogP contribution < -0.4 is 27.4 Å². The van der Waals surface area contributed by atoms with Crippen molar-refractivity contribution < 1.29 is 29.4 Å². The predicted molar refractivity (Wildman–Crippen MR) is 107 cm³/mol. The molecular formula is C18H35N5O6. The molecule has 4 atom stereocenters. The van der Waals surface area contributed by atoms with Crippen molar-refractivity contribution in [2.75, 3.05) is 13.1 Å². The summed E-state index contributed by atoms with van der Waals surface area (Å²) in [5, 5.41) is 26.4. The van der Waals surface area contributed by atoms with E-state index in [2.05, 4.69) is 16.0 Å². The molecule has 0 aliphatic heterocycles. The third-order valence-electron chi connectivity index (χ3n) is 4.17. The highest BCUT2D eigenvalue weighted by Gasteiger charge is 2.32. The summed E-state index contributed by atoms with van der Waals surface area (Å²) < 4.78 is 0. The maximum Gasteiger partial charge on any atom is 0.326 e. The van der Waals surface area contributed by atoms with E-state index in [1.54, 1.807) is 0 Å². The number of nitrogens with two attached hydrogens (primary N) is 2. The quantitative estimate of drug-likeness (QED) is 0.158. The smallest absolute Gasteiger partial charge is 0.326 e. The summed E-state index contributed by atoms with van der Waals surface area (Å²) >= 11 is 0. The number of aliphatic carboxylic acids is 1. The topological polar surface area (TPSA) is 197 Å². The molecule has 4 unspecified atom stereocenters. The maximum absolute atomic E-state index is 12.6. The first-order valence-electron chi connectivity index (χ1n) is 9.74. The lowest BCUT2D eigenvalue weighted by Gasteiger charge is -2.26. The number of carboxylic acids is 1. The molecule has 0 radical (unpaired) electrons. The van der Waals surface area contributed by atoms with Gasteiger partial charge < -0.3 is 37.6 Å². The molecule has 0 saturated carbocycles. The van der Waals surface area contributed by atoms with Crippen molar-refractivity contribution in [2.24, 2.45) is 17.4 Å². The van der Waals surface area contributed by atoms with E-state index >= 15 is 0 Å². The van der Waals surface area contributed by atoms with Crippen LogP contribution in [-0.4, -0.2) is 71.2 Å². The summed E-state index contributed by atoms with van der Waals surface area (Å²) in [4.78, 5) is 48.1. The molecule has 168 valence electrons. The second-order valence-electron chi connectivity index (χ2n) is 7.36. The normalized spacial score (nSPS) is 15.1. The van der Waals surface area contributed by atoms with Crippen molar-refractivity contribution in [1.29, 1.82) is 0 Å². The third-order valence-corrected chi connectivity index (χ3v) is 4.17. The van der Waals surface area contributed by atoms with Gasteiger partial charge in [-0.2, -0.15) is 0 Å². The molecule has 0 heterocycles. The number of aliphatic hydroxyl groups is 1. The van der Waals surface area contributed by atoms with Crippen LogP contribution in [0.4, 0.5) is 0 Å². The number of carboxylic acid groups (broad SMARTS) is 1. The minimum Gasteiger partial charge on any atom is -0.480 e. The van der Waals surface area contributed by atoms with Crippen LogP contribution >= 0.6 is 0 Å². The summed E-state index contributed by atoms with van der Waals surface area (Å²) in [7, 11) is 0. The van der Waals surface area contributed by atoms with Crippen molar-refractivity contribution in [3.05, 3.63) is 0 Å². The minimum absolute atomic E-state index is 0.00870. The Morgan fingerprint density at radius 2 is 1.52 bits per heavy atom. The minimum atomic E-state index is -1.39. The molecule has 0 aliphatic rings. The van der Waals surface area contributed by atoms with Gasteiger partial charge in [0.25, 0.3) is 0 Å². The van der Waals surface area contributed by atoms with Crippen LogP contribution in [0.25, 0.3) is 0 Å². The SMILES string of the molecule is CC(C)CC(NC(=O)C(NC(=O)C(CCCCN)NC(=O)CN)C(C)O)C(=O)O. The predicted octanol–water partition coefficient (Wildman–Crippen LogP) is -1.96. The van der Waals surface area contributed by atoms with Gasteiger partial charge in [-0.1, -0.05) is 13.8 Å². The zero-order valence-electron chi connectivity index (χ0n) is 17.3. The molecule has 0 rings (SSSR count). The lowest BCUT2D eigenvalue weighted by molar-refractivity contribution is -0.143. The first-order chi connectivity index (χ1) is 13.5. The first kappa shape index (κ1) is 26.8. The Morgan fingerprint density at radius 3 is 1.97 bits per heavy atom. The number of amides is 3. The Kier molecular flexibility index (Phi) is 12.8. The monoisotopic (exact) mass is 417 g/mol. The van der Waals surface area contributed by atoms with Crippen LogP contribution in [0.5, 0.6) is 0 Å². The molecule has 3 amide bonds. The second kappa shape index (κ2) is 13.9. The number of nitrogens with one attached hydrogen (secondary N) is 3. The highest BCUT2D eigenvalue weighted by atomic mass is 16.4. The first-order valence-corrected chi connectivity index (χ1v) is 9.74. The molecule has 9 N–H and O–H groups in total. The van der Waals surface area contributed by atoms with E-state index in [1.807, 2.05) is 13.8 Å². The summed E-state index contributed by atoms with van der Waals surface area (Å²) in [6, 6.07) is -3.50. The number of aliphatic hydroxyl groups excluding tert-OH is 1. The van der Waals surface area contributed by atoms with Crippen molar-refractivity contribution >= 4 is 23.7 Å². The van der Waals surface area contributed by atoms with Gasteiger partial charge in [0.15, 0.2) is 0 Å². The molecule has 0 fully saturated rings. The van der Waals surface area contributed by atoms with Gasteiger partial charge in [-0.05, 0) is 45.1 Å². The van der Waals surface area contributed by atoms with Crippen molar-refractivity contribution in [1.82, 2.24) is 16.0 Å². The number of hydrogen-bond donors (Lipinski definition) is 7. The molecule has 0 bridgehead atoms. The summed E-state index contributed by atoms with van der Waals surface area (Å²) in [5.41, 5.74) is 10.7. The van der Waals surface area contributed by atoms with Crippen molar-refractivity contribution in [3.8, 4) is 0 Å². The Hall–Kier alpha value is -2.24. The van der Waals surface area contributed by atoms with E-state index in [0.29, 0.717) is 19.4 Å². The molecule has 29 heavy (non-hydrogen) atoms. The number of carbonyl (C=O) groups is 4. The fourth-order valence-electron chi connectivity index (χ4n) is 2.63. The fourth-order valence-corrected chi connectivity index (χ4v) is 2.63. The van der Waals surface area contributed by atoms with Crippen molar-refractivity contribution in [3.63, 3.8) is 0 Å². The summed E-state index contributed by atoms with van der Waals surface area (Å²) in [6.45, 7) is 5.02. The van der Waals surface area contributed by atoms with Crippen LogP contribution in [-0.2, 0) is 19.2 Å². The Morgan fingerprint density at radius 1 is 0.897 bits per heavy atom. The lowest BCUT2D eigenvalue weighted by atomic mass is 10.0. The average molecular weight is 418 g/mol. The number of carbonyl (C=O) groups excluding carboxylic acids is 3. The average Bonchev–Trinajstić information content (AvgIpc) is 2.63. The second-order valence-corrected chi connectivity index (χ2v) is 7.36. The van der Waals surface area contributed by atoms with Crippen LogP contribution in [0.15, 0.2) is 0 Å². The summed E-state index contributed by atoms with van der Waals surface area (Å²) in [6.07, 6.45) is 0.366. The lowest BCUT2D eigenvalue weighted by Crippen LogP contribution is -2.59. The Labute approximate surface area is 171 Å². The van der Waals surface area contributed by atoms with Crippen LogP contribution in [0.1, 0.15) is 46.5 Å². The molecule has 0 aromatic carbocycles. The summed E-state index contributed by atoms with van der Waals surface area (Å²) in [5.74, 6) is -3.25. The largest absolute Gasteiger partial charge is 0.480 e. The zero-order valence-corrected chi connectivity index (χ0v) is 17.3. The zero-order chi connectivity index (χ0) is 22.6. The Balaban J connectivity index is 5.23. The van der Waals surface area contributed by atoms with Crippen molar-refractivity contribution in [2.45, 2.75) is 70.7 Å². The molecule has 0 aliphatic carbocycles. The van der Waals surface area contributed by atoms with Gasteiger partial charge in [-0.15, -0.1) is 0 Å². The molecule has 0 aromatic heterocycles. The fraction of sp³-hybridized carbons (Fsp3) is 0.778. The maximum atomic E-state index is 12.6. The van der Waals surface area contributed by atoms with Gasteiger partial charge >= 0.3 is 5.97 Å². The number of rotatable bonds is 14. The van der Waals surface area contributed by atoms with E-state index in [4.69, 9.17) is 11.5 Å². The standard InChI is InChI=1S/C18H35N5O6/c1-10(2)8-13(18(28)29)22-17(27)15(11(3)24)23-16(26)12(6-4-5-7-19)21-14(25)9-20/h10-13,15,24H,4-9,19-20H2,1-3H3,(H,21,25)(H,22,27)(H,23,26)(H,28,29). The van der Waals surface area contributed by atoms with Gasteiger partial charge in [-0.25, -0.2) is 4.79 Å². The molecule has 0 saturated heterocycles. The van der Waals surface area contributed by atoms with Crippen LogP contribution in [0.2, 0.25) is 0 Å². The highest BCUT2D eigenvalue weighted by molar-refractivity contribution is 5.93. The Bertz CT molecular complexity index is 555. The van der Waals surface area contributed by atoms with E-state index in [-0.39, 0.29) is 25.3 Å². The molecule has 0 aromatic rings. The van der Waals surface area contributed by atoms with Crippen LogP contribution in [0.3, 0.4) is 0 Å². The molecule has 11 heteroatoms. The highest BCUT2D eigenvalue weighted by Crippen LogP contribution is 2.07. The van der Waals surface area contributed by atoms with Gasteiger partial charge in [0.05, 0.1) is 12.6 Å². The van der Waals surface area contributed by atoms with Gasteiger partial charge in [-0.3, -0.25) is 14.4 Å². The third kappa shape index (κ3) is 10.8. The number of unbranched alkanes of at least 4 members (excludes halogenated alkanes) is 1. The van der Waals surface area contributed by atoms with Crippen LogP contribution in [0, 0.1) is 5.92 Å². The van der Waals surface area contributed by atoms with E-state index < -0.39 is 47.9 Å². The van der Waals surface area contributed by atoms with Gasteiger partial charge in [0.1, 0.15) is 18.1 Å².